The van der Waals surface area contributed by atoms with Gasteiger partial charge < -0.3 is 4.74 Å². The standard InChI is InChI=1S/C29H35NO/c1-22(30-19-8-12-23-9-5-6-10-24(23)18-20-30)25-11-7-13-28(21-25)31-27-16-14-26(15-17-27)29(2,3)4/h5-7,9-11,13-17,21-22H,8,12,18-20H2,1-4H3. The predicted octanol–water partition coefficient (Wildman–Crippen LogP) is 7.33. The van der Waals surface area contributed by atoms with Crippen LogP contribution in [0.25, 0.3) is 0 Å². The lowest BCUT2D eigenvalue weighted by molar-refractivity contribution is 0.207. The van der Waals surface area contributed by atoms with Crippen molar-refractivity contribution in [3.05, 3.63) is 95.1 Å². The lowest BCUT2D eigenvalue weighted by atomic mass is 9.87. The molecule has 0 saturated carbocycles. The number of fused-ring (bicyclic) bond motifs is 1. The molecule has 3 aromatic carbocycles. The summed E-state index contributed by atoms with van der Waals surface area (Å²) in [5, 5.41) is 0. The van der Waals surface area contributed by atoms with Gasteiger partial charge in [-0.05, 0) is 84.7 Å². The van der Waals surface area contributed by atoms with Gasteiger partial charge in [-0.2, -0.15) is 0 Å². The molecule has 3 aromatic rings. The topological polar surface area (TPSA) is 12.5 Å². The Kier molecular flexibility index (Phi) is 6.48. The van der Waals surface area contributed by atoms with Crippen molar-refractivity contribution < 1.29 is 4.74 Å². The maximum Gasteiger partial charge on any atom is 0.127 e. The molecule has 2 nitrogen and oxygen atoms in total. The summed E-state index contributed by atoms with van der Waals surface area (Å²) in [5.41, 5.74) is 5.83. The maximum absolute atomic E-state index is 6.20. The molecular weight excluding hydrogens is 378 g/mol. The number of hydrogen-bond acceptors (Lipinski definition) is 2. The second-order valence-corrected chi connectivity index (χ2v) is 9.78. The molecule has 1 heterocycles. The summed E-state index contributed by atoms with van der Waals surface area (Å²) >= 11 is 0. The van der Waals surface area contributed by atoms with E-state index < -0.39 is 0 Å². The van der Waals surface area contributed by atoms with Gasteiger partial charge in [0.25, 0.3) is 0 Å². The Bertz CT molecular complexity index is 1000. The molecule has 0 bridgehead atoms. The van der Waals surface area contributed by atoms with Gasteiger partial charge in [-0.3, -0.25) is 4.90 Å². The maximum atomic E-state index is 6.20. The summed E-state index contributed by atoms with van der Waals surface area (Å²) < 4.78 is 6.20. The summed E-state index contributed by atoms with van der Waals surface area (Å²) in [4.78, 5) is 2.62. The SMILES string of the molecule is CC(c1cccc(Oc2ccc(C(C)(C)C)cc2)c1)N1CCCc2ccccc2CC1. The highest BCUT2D eigenvalue weighted by Gasteiger charge is 2.19. The molecule has 0 spiro atoms. The number of benzene rings is 3. The molecule has 0 fully saturated rings. The first-order chi connectivity index (χ1) is 14.9. The normalized spacial score (nSPS) is 16.1. The van der Waals surface area contributed by atoms with Gasteiger partial charge >= 0.3 is 0 Å². The first-order valence-electron chi connectivity index (χ1n) is 11.6. The fourth-order valence-corrected chi connectivity index (χ4v) is 4.49. The van der Waals surface area contributed by atoms with Crippen LogP contribution < -0.4 is 4.74 Å². The van der Waals surface area contributed by atoms with E-state index in [2.05, 4.69) is 105 Å². The molecule has 4 rings (SSSR count). The minimum atomic E-state index is 0.153. The van der Waals surface area contributed by atoms with Crippen LogP contribution >= 0.6 is 0 Å². The van der Waals surface area contributed by atoms with Crippen LogP contribution in [-0.4, -0.2) is 18.0 Å². The van der Waals surface area contributed by atoms with Crippen molar-refractivity contribution in [3.8, 4) is 11.5 Å². The third kappa shape index (κ3) is 5.37. The Morgan fingerprint density at radius 2 is 1.48 bits per heavy atom. The van der Waals surface area contributed by atoms with Crippen LogP contribution in [0, 0.1) is 0 Å². The fraction of sp³-hybridized carbons (Fsp3) is 0.379. The highest BCUT2D eigenvalue weighted by molar-refractivity contribution is 5.37. The summed E-state index contributed by atoms with van der Waals surface area (Å²) in [7, 11) is 0. The Balaban J connectivity index is 1.45. The number of aryl methyl sites for hydroxylation is 1. The molecule has 0 saturated heterocycles. The van der Waals surface area contributed by atoms with Crippen molar-refractivity contribution in [2.75, 3.05) is 13.1 Å². The molecule has 2 heteroatoms. The van der Waals surface area contributed by atoms with Gasteiger partial charge in [0.05, 0.1) is 0 Å². The highest BCUT2D eigenvalue weighted by atomic mass is 16.5. The van der Waals surface area contributed by atoms with E-state index in [1.807, 2.05) is 0 Å². The van der Waals surface area contributed by atoms with E-state index in [9.17, 15) is 0 Å². The van der Waals surface area contributed by atoms with Crippen LogP contribution in [0.4, 0.5) is 0 Å². The van der Waals surface area contributed by atoms with E-state index in [4.69, 9.17) is 4.74 Å². The third-order valence-corrected chi connectivity index (χ3v) is 6.52. The molecule has 1 aliphatic heterocycles. The lowest BCUT2D eigenvalue weighted by Crippen LogP contribution is -2.32. The monoisotopic (exact) mass is 413 g/mol. The Morgan fingerprint density at radius 3 is 2.19 bits per heavy atom. The molecule has 1 unspecified atom stereocenters. The average molecular weight is 414 g/mol. The summed E-state index contributed by atoms with van der Waals surface area (Å²) in [6.45, 7) is 11.3. The van der Waals surface area contributed by atoms with E-state index in [1.54, 1.807) is 0 Å². The third-order valence-electron chi connectivity index (χ3n) is 6.52. The van der Waals surface area contributed by atoms with Gasteiger partial charge in [-0.15, -0.1) is 0 Å². The second kappa shape index (κ2) is 9.28. The molecule has 0 amide bonds. The fourth-order valence-electron chi connectivity index (χ4n) is 4.49. The van der Waals surface area contributed by atoms with Gasteiger partial charge in [0, 0.05) is 12.6 Å². The van der Waals surface area contributed by atoms with Crippen LogP contribution in [-0.2, 0) is 18.3 Å². The minimum absolute atomic E-state index is 0.153. The van der Waals surface area contributed by atoms with Crippen molar-refractivity contribution in [2.24, 2.45) is 0 Å². The quantitative estimate of drug-likeness (QED) is 0.444. The Morgan fingerprint density at radius 1 is 0.774 bits per heavy atom. The molecule has 1 aliphatic rings. The number of ether oxygens (including phenoxy) is 1. The zero-order valence-corrected chi connectivity index (χ0v) is 19.4. The highest BCUT2D eigenvalue weighted by Crippen LogP contribution is 2.30. The summed E-state index contributed by atoms with van der Waals surface area (Å²) in [5.74, 6) is 1.80. The van der Waals surface area contributed by atoms with E-state index in [-0.39, 0.29) is 5.41 Å². The lowest BCUT2D eigenvalue weighted by Gasteiger charge is -2.31. The zero-order valence-electron chi connectivity index (χ0n) is 19.4. The van der Waals surface area contributed by atoms with E-state index >= 15 is 0 Å². The Hall–Kier alpha value is -2.58. The van der Waals surface area contributed by atoms with Gasteiger partial charge in [-0.1, -0.05) is 69.3 Å². The van der Waals surface area contributed by atoms with E-state index in [0.717, 1.165) is 31.0 Å². The number of hydrogen-bond donors (Lipinski definition) is 0. The smallest absolute Gasteiger partial charge is 0.127 e. The van der Waals surface area contributed by atoms with Crippen LogP contribution in [0.1, 0.15) is 62.4 Å². The van der Waals surface area contributed by atoms with Crippen molar-refractivity contribution in [2.45, 2.75) is 58.4 Å². The molecule has 0 N–H and O–H groups in total. The van der Waals surface area contributed by atoms with Crippen molar-refractivity contribution >= 4 is 0 Å². The van der Waals surface area contributed by atoms with Gasteiger partial charge in [0.2, 0.25) is 0 Å². The van der Waals surface area contributed by atoms with Crippen molar-refractivity contribution in [1.82, 2.24) is 4.90 Å². The van der Waals surface area contributed by atoms with Gasteiger partial charge in [-0.25, -0.2) is 0 Å². The van der Waals surface area contributed by atoms with Gasteiger partial charge in [0.15, 0.2) is 0 Å². The van der Waals surface area contributed by atoms with Crippen molar-refractivity contribution in [3.63, 3.8) is 0 Å². The molecule has 0 aliphatic carbocycles. The summed E-state index contributed by atoms with van der Waals surface area (Å²) in [6, 6.07) is 26.4. The van der Waals surface area contributed by atoms with Crippen LogP contribution in [0.5, 0.6) is 11.5 Å². The number of rotatable bonds is 4. The molecular formula is C29H35NO. The first-order valence-corrected chi connectivity index (χ1v) is 11.6. The average Bonchev–Trinajstić information content (AvgIpc) is 2.74. The zero-order chi connectivity index (χ0) is 21.8. The second-order valence-electron chi connectivity index (χ2n) is 9.78. The molecule has 162 valence electrons. The van der Waals surface area contributed by atoms with E-state index in [0.29, 0.717) is 6.04 Å². The first kappa shape index (κ1) is 21.6. The van der Waals surface area contributed by atoms with Crippen molar-refractivity contribution in [1.29, 1.82) is 0 Å². The molecule has 0 aromatic heterocycles. The predicted molar refractivity (Wildman–Crippen MR) is 130 cm³/mol. The minimum Gasteiger partial charge on any atom is -0.457 e. The van der Waals surface area contributed by atoms with E-state index in [1.165, 1.54) is 35.1 Å². The molecule has 31 heavy (non-hydrogen) atoms. The van der Waals surface area contributed by atoms with Crippen LogP contribution in [0.15, 0.2) is 72.8 Å². The van der Waals surface area contributed by atoms with Crippen LogP contribution in [0.3, 0.4) is 0 Å². The summed E-state index contributed by atoms with van der Waals surface area (Å²) in [6.07, 6.45) is 3.50. The van der Waals surface area contributed by atoms with Crippen LogP contribution in [0.2, 0.25) is 0 Å². The molecule has 1 atom stereocenters. The largest absolute Gasteiger partial charge is 0.457 e. The Labute approximate surface area is 187 Å². The molecule has 0 radical (unpaired) electrons. The number of nitrogens with zero attached hydrogens (tertiary/aromatic N) is 1. The van der Waals surface area contributed by atoms with Gasteiger partial charge in [0.1, 0.15) is 11.5 Å².